The van der Waals surface area contributed by atoms with Gasteiger partial charge in [0.15, 0.2) is 0 Å². The van der Waals surface area contributed by atoms with Crippen molar-refractivity contribution in [1.29, 1.82) is 0 Å². The van der Waals surface area contributed by atoms with Crippen LogP contribution in [0, 0.1) is 0 Å². The Balaban J connectivity index is 2.03. The Morgan fingerprint density at radius 3 is 1.92 bits per heavy atom. The first-order chi connectivity index (χ1) is 12.5. The predicted octanol–water partition coefficient (Wildman–Crippen LogP) is 3.49. The molecule has 0 saturated carbocycles. The van der Waals surface area contributed by atoms with Crippen molar-refractivity contribution in [1.82, 2.24) is 0 Å². The molecule has 2 aromatic carbocycles. The van der Waals surface area contributed by atoms with E-state index in [2.05, 4.69) is 81.4 Å². The lowest BCUT2D eigenvalue weighted by atomic mass is 10.2. The molecule has 0 unspecified atom stereocenters. The zero-order valence-electron chi connectivity index (χ0n) is 16.0. The average Bonchev–Trinajstić information content (AvgIpc) is 3.10. The molecule has 0 aromatic heterocycles. The molecule has 4 heteroatoms. The maximum absolute atomic E-state index is 6.88. The molecule has 3 nitrogen and oxygen atoms in total. The largest absolute Gasteiger partial charge is 0.493 e. The summed E-state index contributed by atoms with van der Waals surface area (Å²) >= 11 is 0. The minimum atomic E-state index is -2.52. The van der Waals surface area contributed by atoms with Crippen molar-refractivity contribution in [2.45, 2.75) is 38.0 Å². The van der Waals surface area contributed by atoms with Crippen molar-refractivity contribution in [2.24, 2.45) is 0 Å². The van der Waals surface area contributed by atoms with E-state index in [4.69, 9.17) is 13.9 Å². The minimum Gasteiger partial charge on any atom is -0.493 e. The molecule has 0 spiro atoms. The van der Waals surface area contributed by atoms with E-state index in [-0.39, 0.29) is 17.2 Å². The summed E-state index contributed by atoms with van der Waals surface area (Å²) in [6.07, 6.45) is 3.49. The van der Waals surface area contributed by atoms with E-state index in [1.165, 1.54) is 10.4 Å². The summed E-state index contributed by atoms with van der Waals surface area (Å²) in [4.78, 5) is 0. The molecule has 1 aliphatic rings. The van der Waals surface area contributed by atoms with E-state index < -0.39 is 8.32 Å². The maximum atomic E-state index is 6.88. The lowest BCUT2D eigenvalue weighted by molar-refractivity contribution is 0.00376. The summed E-state index contributed by atoms with van der Waals surface area (Å²) in [5, 5.41) is 2.52. The molecular weight excluding hydrogens is 340 g/mol. The van der Waals surface area contributed by atoms with Gasteiger partial charge in [-0.3, -0.25) is 0 Å². The second-order valence-electron chi connectivity index (χ2n) is 7.68. The van der Waals surface area contributed by atoms with Crippen LogP contribution in [0.15, 0.2) is 73.0 Å². The van der Waals surface area contributed by atoms with Crippen LogP contribution in [0.1, 0.15) is 20.8 Å². The van der Waals surface area contributed by atoms with Gasteiger partial charge in [-0.1, -0.05) is 81.4 Å². The van der Waals surface area contributed by atoms with E-state index >= 15 is 0 Å². The van der Waals surface area contributed by atoms with Crippen molar-refractivity contribution in [3.05, 3.63) is 73.0 Å². The van der Waals surface area contributed by atoms with Gasteiger partial charge in [-0.05, 0) is 21.5 Å². The molecule has 1 heterocycles. The van der Waals surface area contributed by atoms with E-state index in [1.807, 2.05) is 6.08 Å². The van der Waals surface area contributed by atoms with Gasteiger partial charge in [0.25, 0.3) is 8.32 Å². The van der Waals surface area contributed by atoms with E-state index in [1.54, 1.807) is 13.4 Å². The Hall–Kier alpha value is -1.88. The molecule has 2 aromatic rings. The SMILES string of the molecule is CO[C@H]1C=CO[C@@H]1CO[Si](c1ccccc1)(c1ccccc1)C(C)(C)C. The van der Waals surface area contributed by atoms with Gasteiger partial charge in [0.05, 0.1) is 12.9 Å². The summed E-state index contributed by atoms with van der Waals surface area (Å²) in [5.41, 5.74) is 0. The van der Waals surface area contributed by atoms with Crippen LogP contribution in [0.25, 0.3) is 0 Å². The predicted molar refractivity (Wildman–Crippen MR) is 108 cm³/mol. The highest BCUT2D eigenvalue weighted by molar-refractivity contribution is 6.99. The van der Waals surface area contributed by atoms with Crippen LogP contribution in [-0.2, 0) is 13.9 Å². The minimum absolute atomic E-state index is 0.0374. The highest BCUT2D eigenvalue weighted by Gasteiger charge is 2.50. The van der Waals surface area contributed by atoms with Crippen LogP contribution < -0.4 is 10.4 Å². The molecule has 1 aliphatic heterocycles. The van der Waals surface area contributed by atoms with Gasteiger partial charge in [0, 0.05) is 7.11 Å². The molecule has 0 amide bonds. The fourth-order valence-corrected chi connectivity index (χ4v) is 8.33. The van der Waals surface area contributed by atoms with Crippen molar-refractivity contribution in [2.75, 3.05) is 13.7 Å². The summed E-state index contributed by atoms with van der Waals surface area (Å²) in [7, 11) is -0.815. The van der Waals surface area contributed by atoms with Crippen LogP contribution >= 0.6 is 0 Å². The van der Waals surface area contributed by atoms with Gasteiger partial charge in [-0.2, -0.15) is 0 Å². The molecule has 0 fully saturated rings. The molecule has 0 saturated heterocycles. The van der Waals surface area contributed by atoms with Crippen LogP contribution in [0.2, 0.25) is 5.04 Å². The lowest BCUT2D eigenvalue weighted by Crippen LogP contribution is -2.67. The number of methoxy groups -OCH3 is 1. The molecular formula is C22H28O3Si. The summed E-state index contributed by atoms with van der Waals surface area (Å²) < 4.78 is 18.1. The molecule has 3 rings (SSSR count). The number of ether oxygens (including phenoxy) is 2. The topological polar surface area (TPSA) is 27.7 Å². The van der Waals surface area contributed by atoms with Crippen molar-refractivity contribution in [3.8, 4) is 0 Å². The van der Waals surface area contributed by atoms with E-state index in [0.717, 1.165) is 0 Å². The second-order valence-corrected chi connectivity index (χ2v) is 12.0. The highest BCUT2D eigenvalue weighted by atomic mass is 28.4. The number of benzene rings is 2. The third-order valence-electron chi connectivity index (χ3n) is 5.04. The molecule has 2 atom stereocenters. The molecule has 0 radical (unpaired) electrons. The lowest BCUT2D eigenvalue weighted by Gasteiger charge is -2.43. The van der Waals surface area contributed by atoms with E-state index in [0.29, 0.717) is 6.61 Å². The first-order valence-electron chi connectivity index (χ1n) is 9.09. The van der Waals surface area contributed by atoms with Crippen LogP contribution in [0.5, 0.6) is 0 Å². The zero-order chi connectivity index (χ0) is 18.6. The number of rotatable bonds is 6. The number of hydrogen-bond acceptors (Lipinski definition) is 3. The van der Waals surface area contributed by atoms with Gasteiger partial charge >= 0.3 is 0 Å². The Morgan fingerprint density at radius 2 is 1.46 bits per heavy atom. The average molecular weight is 369 g/mol. The first-order valence-corrected chi connectivity index (χ1v) is 11.0. The van der Waals surface area contributed by atoms with Crippen molar-refractivity contribution < 1.29 is 13.9 Å². The molecule has 0 N–H and O–H groups in total. The standard InChI is InChI=1S/C22H28O3Si/c1-22(2,3)26(18-11-7-5-8-12-18,19-13-9-6-10-14-19)25-17-21-20(23-4)15-16-24-21/h5-16,20-21H,17H2,1-4H3/t20-,21+/m0/s1. The maximum Gasteiger partial charge on any atom is 0.261 e. The Morgan fingerprint density at radius 1 is 0.923 bits per heavy atom. The van der Waals surface area contributed by atoms with Crippen LogP contribution in [0.4, 0.5) is 0 Å². The van der Waals surface area contributed by atoms with Gasteiger partial charge in [-0.25, -0.2) is 0 Å². The van der Waals surface area contributed by atoms with Crippen molar-refractivity contribution >= 4 is 18.7 Å². The quantitative estimate of drug-likeness (QED) is 0.731. The second kappa shape index (κ2) is 7.78. The van der Waals surface area contributed by atoms with Gasteiger partial charge < -0.3 is 13.9 Å². The third kappa shape index (κ3) is 3.50. The summed E-state index contributed by atoms with van der Waals surface area (Å²) in [6, 6.07) is 21.3. The fourth-order valence-electron chi connectivity index (χ4n) is 3.76. The molecule has 26 heavy (non-hydrogen) atoms. The van der Waals surface area contributed by atoms with Gasteiger partial charge in [-0.15, -0.1) is 0 Å². The number of hydrogen-bond donors (Lipinski definition) is 0. The highest BCUT2D eigenvalue weighted by Crippen LogP contribution is 2.37. The third-order valence-corrected chi connectivity index (χ3v) is 10.0. The van der Waals surface area contributed by atoms with Gasteiger partial charge in [0.2, 0.25) is 0 Å². The molecule has 0 bridgehead atoms. The summed E-state index contributed by atoms with van der Waals surface area (Å²) in [6.45, 7) is 7.33. The Bertz CT molecular complexity index is 683. The van der Waals surface area contributed by atoms with Gasteiger partial charge in [0.1, 0.15) is 12.2 Å². The first kappa shape index (κ1) is 18.9. The monoisotopic (exact) mass is 368 g/mol. The van der Waals surface area contributed by atoms with Crippen LogP contribution in [-0.4, -0.2) is 34.2 Å². The Kier molecular flexibility index (Phi) is 5.66. The fraction of sp³-hybridized carbons (Fsp3) is 0.364. The van der Waals surface area contributed by atoms with Crippen LogP contribution in [0.3, 0.4) is 0 Å². The zero-order valence-corrected chi connectivity index (χ0v) is 17.0. The summed E-state index contributed by atoms with van der Waals surface area (Å²) in [5.74, 6) is 0. The van der Waals surface area contributed by atoms with Crippen molar-refractivity contribution in [3.63, 3.8) is 0 Å². The Labute approximate surface area is 157 Å². The van der Waals surface area contributed by atoms with E-state index in [9.17, 15) is 0 Å². The smallest absolute Gasteiger partial charge is 0.261 e. The molecule has 138 valence electrons. The molecule has 0 aliphatic carbocycles. The normalized spacial score (nSPS) is 20.2.